The Labute approximate surface area is 134 Å². The molecule has 1 saturated heterocycles. The second-order valence-corrected chi connectivity index (χ2v) is 6.34. The number of guanidine groups is 1. The quantitative estimate of drug-likeness (QED) is 0.421. The first-order chi connectivity index (χ1) is 10.4. The third-order valence-corrected chi connectivity index (χ3v) is 3.62. The molecule has 1 unspecified atom stereocenters. The van der Waals surface area contributed by atoms with Crippen molar-refractivity contribution in [1.82, 2.24) is 15.5 Å². The Balaban J connectivity index is 2.25. The molecule has 1 aliphatic heterocycles. The van der Waals surface area contributed by atoms with Gasteiger partial charge in [0.2, 0.25) is 5.91 Å². The van der Waals surface area contributed by atoms with Crippen molar-refractivity contribution in [2.75, 3.05) is 33.3 Å². The van der Waals surface area contributed by atoms with Gasteiger partial charge in [-0.3, -0.25) is 9.79 Å². The van der Waals surface area contributed by atoms with Gasteiger partial charge < -0.3 is 20.3 Å². The van der Waals surface area contributed by atoms with Crippen LogP contribution in [0.2, 0.25) is 0 Å². The van der Waals surface area contributed by atoms with E-state index in [0.29, 0.717) is 0 Å². The van der Waals surface area contributed by atoms with Gasteiger partial charge in [-0.2, -0.15) is 0 Å². The Hall–Kier alpha value is -1.30. The van der Waals surface area contributed by atoms with Crippen LogP contribution in [-0.2, 0) is 9.53 Å². The lowest BCUT2D eigenvalue weighted by Crippen LogP contribution is -2.45. The van der Waals surface area contributed by atoms with E-state index >= 15 is 0 Å². The minimum atomic E-state index is 0.0668. The summed E-state index contributed by atoms with van der Waals surface area (Å²) in [5.74, 6) is 1.10. The normalized spacial score (nSPS) is 19.1. The second-order valence-electron chi connectivity index (χ2n) is 6.34. The molecule has 2 N–H and O–H groups in total. The van der Waals surface area contributed by atoms with Crippen molar-refractivity contribution in [3.63, 3.8) is 0 Å². The zero-order chi connectivity index (χ0) is 16.5. The summed E-state index contributed by atoms with van der Waals surface area (Å²) in [6.45, 7) is 11.1. The van der Waals surface area contributed by atoms with E-state index in [1.54, 1.807) is 7.05 Å². The van der Waals surface area contributed by atoms with Gasteiger partial charge in [0, 0.05) is 45.2 Å². The molecule has 1 rings (SSSR count). The van der Waals surface area contributed by atoms with E-state index in [9.17, 15) is 4.79 Å². The Morgan fingerprint density at radius 2 is 2.09 bits per heavy atom. The maximum Gasteiger partial charge on any atom is 0.225 e. The van der Waals surface area contributed by atoms with E-state index in [1.807, 2.05) is 32.6 Å². The highest BCUT2D eigenvalue weighted by Crippen LogP contribution is 2.12. The molecule has 1 heterocycles. The molecule has 1 aliphatic rings. The molecule has 22 heavy (non-hydrogen) atoms. The van der Waals surface area contributed by atoms with E-state index in [0.717, 1.165) is 45.0 Å². The number of rotatable bonds is 7. The highest BCUT2D eigenvalue weighted by Gasteiger charge is 2.27. The Morgan fingerprint density at radius 1 is 1.36 bits per heavy atom. The minimum Gasteiger partial charge on any atom is -0.379 e. The Morgan fingerprint density at radius 3 is 2.68 bits per heavy atom. The molecule has 0 saturated carbocycles. The molecule has 1 amide bonds. The number of likely N-dealkylation sites (tertiary alicyclic amines) is 1. The number of carbonyl (C=O) groups excluding carboxylic acids is 1. The molecule has 1 fully saturated rings. The van der Waals surface area contributed by atoms with Crippen molar-refractivity contribution >= 4 is 11.9 Å². The van der Waals surface area contributed by atoms with E-state index in [-0.39, 0.29) is 24.0 Å². The molecule has 1 atom stereocenters. The second kappa shape index (κ2) is 9.66. The molecular weight excluding hydrogens is 280 g/mol. The predicted octanol–water partition coefficient (Wildman–Crippen LogP) is 1.22. The number of hydrogen-bond donors (Lipinski definition) is 2. The molecule has 0 radical (unpaired) electrons. The summed E-state index contributed by atoms with van der Waals surface area (Å²) in [5, 5.41) is 6.69. The largest absolute Gasteiger partial charge is 0.379 e. The Kier molecular flexibility index (Phi) is 8.24. The van der Waals surface area contributed by atoms with E-state index in [2.05, 4.69) is 15.6 Å². The van der Waals surface area contributed by atoms with Crippen LogP contribution in [0.25, 0.3) is 0 Å². The van der Waals surface area contributed by atoms with Gasteiger partial charge in [0.25, 0.3) is 0 Å². The van der Waals surface area contributed by atoms with Crippen LogP contribution < -0.4 is 10.6 Å². The first kappa shape index (κ1) is 18.7. The van der Waals surface area contributed by atoms with Crippen molar-refractivity contribution in [1.29, 1.82) is 0 Å². The average Bonchev–Trinajstić information content (AvgIpc) is 2.92. The van der Waals surface area contributed by atoms with Crippen LogP contribution in [0.15, 0.2) is 4.99 Å². The predicted molar refractivity (Wildman–Crippen MR) is 90.0 cm³/mol. The number of nitrogens with one attached hydrogen (secondary N) is 2. The van der Waals surface area contributed by atoms with Crippen LogP contribution in [-0.4, -0.2) is 62.2 Å². The van der Waals surface area contributed by atoms with Crippen molar-refractivity contribution in [3.8, 4) is 0 Å². The topological polar surface area (TPSA) is 66.0 Å². The number of hydrogen-bond acceptors (Lipinski definition) is 3. The number of aliphatic imine (C=N–C) groups is 1. The van der Waals surface area contributed by atoms with E-state index < -0.39 is 0 Å². The van der Waals surface area contributed by atoms with Crippen LogP contribution >= 0.6 is 0 Å². The molecule has 0 spiro atoms. The summed E-state index contributed by atoms with van der Waals surface area (Å²) in [6.07, 6.45) is 2.19. The summed E-state index contributed by atoms with van der Waals surface area (Å²) >= 11 is 0. The fraction of sp³-hybridized carbons (Fsp3) is 0.875. The van der Waals surface area contributed by atoms with Crippen LogP contribution in [0.5, 0.6) is 0 Å². The zero-order valence-corrected chi connectivity index (χ0v) is 14.7. The summed E-state index contributed by atoms with van der Waals surface area (Å²) in [7, 11) is 1.77. The van der Waals surface area contributed by atoms with Gasteiger partial charge in [-0.15, -0.1) is 0 Å². The van der Waals surface area contributed by atoms with Gasteiger partial charge in [-0.05, 0) is 26.7 Å². The first-order valence-electron chi connectivity index (χ1n) is 8.31. The summed E-state index contributed by atoms with van der Waals surface area (Å²) in [6, 6.07) is 0.279. The molecule has 0 aromatic heterocycles. The number of amides is 1. The standard InChI is InChI=1S/C16H32N4O2/c1-12(2)15(21)20-9-7-14(11-20)19-16(17-5)18-8-6-10-22-13(3)4/h12-14H,6-11H2,1-5H3,(H2,17,18,19). The summed E-state index contributed by atoms with van der Waals surface area (Å²) in [5.41, 5.74) is 0. The van der Waals surface area contributed by atoms with Gasteiger partial charge in [0.05, 0.1) is 6.10 Å². The van der Waals surface area contributed by atoms with Gasteiger partial charge in [0.15, 0.2) is 5.96 Å². The van der Waals surface area contributed by atoms with Crippen molar-refractivity contribution in [2.45, 2.75) is 52.7 Å². The fourth-order valence-electron chi connectivity index (χ4n) is 2.43. The molecule has 0 bridgehead atoms. The first-order valence-corrected chi connectivity index (χ1v) is 8.31. The van der Waals surface area contributed by atoms with E-state index in [4.69, 9.17) is 4.74 Å². The van der Waals surface area contributed by atoms with Crippen LogP contribution in [0.1, 0.15) is 40.5 Å². The molecule has 128 valence electrons. The minimum absolute atomic E-state index is 0.0668. The zero-order valence-electron chi connectivity index (χ0n) is 14.7. The summed E-state index contributed by atoms with van der Waals surface area (Å²) < 4.78 is 5.51. The highest BCUT2D eigenvalue weighted by atomic mass is 16.5. The maximum absolute atomic E-state index is 12.0. The van der Waals surface area contributed by atoms with E-state index in [1.165, 1.54) is 0 Å². The average molecular weight is 312 g/mol. The summed E-state index contributed by atoms with van der Waals surface area (Å²) in [4.78, 5) is 18.2. The fourth-order valence-corrected chi connectivity index (χ4v) is 2.43. The molecule has 0 aromatic carbocycles. The smallest absolute Gasteiger partial charge is 0.225 e. The Bertz CT molecular complexity index is 369. The van der Waals surface area contributed by atoms with Crippen LogP contribution in [0, 0.1) is 5.92 Å². The van der Waals surface area contributed by atoms with Gasteiger partial charge in [-0.25, -0.2) is 0 Å². The number of ether oxygens (including phenoxy) is 1. The monoisotopic (exact) mass is 312 g/mol. The van der Waals surface area contributed by atoms with Gasteiger partial charge in [0.1, 0.15) is 0 Å². The van der Waals surface area contributed by atoms with Crippen LogP contribution in [0.4, 0.5) is 0 Å². The van der Waals surface area contributed by atoms with Crippen molar-refractivity contribution < 1.29 is 9.53 Å². The lowest BCUT2D eigenvalue weighted by molar-refractivity contribution is -0.133. The number of nitrogens with zero attached hydrogens (tertiary/aromatic N) is 2. The lowest BCUT2D eigenvalue weighted by atomic mass is 10.2. The third-order valence-electron chi connectivity index (χ3n) is 3.62. The lowest BCUT2D eigenvalue weighted by Gasteiger charge is -2.20. The molecule has 6 heteroatoms. The number of carbonyl (C=O) groups is 1. The highest BCUT2D eigenvalue weighted by molar-refractivity contribution is 5.81. The molecule has 0 aromatic rings. The van der Waals surface area contributed by atoms with Crippen molar-refractivity contribution in [3.05, 3.63) is 0 Å². The third kappa shape index (κ3) is 6.64. The molecule has 0 aliphatic carbocycles. The van der Waals surface area contributed by atoms with Crippen molar-refractivity contribution in [2.24, 2.45) is 10.9 Å². The molecular formula is C16H32N4O2. The van der Waals surface area contributed by atoms with Gasteiger partial charge in [-0.1, -0.05) is 13.8 Å². The van der Waals surface area contributed by atoms with Crippen LogP contribution in [0.3, 0.4) is 0 Å². The van der Waals surface area contributed by atoms with Gasteiger partial charge >= 0.3 is 0 Å². The maximum atomic E-state index is 12.0. The SMILES string of the molecule is CN=C(NCCCOC(C)C)NC1CCN(C(=O)C(C)C)C1. The molecule has 6 nitrogen and oxygen atoms in total.